The first-order valence-corrected chi connectivity index (χ1v) is 7.10. The zero-order valence-electron chi connectivity index (χ0n) is 10.6. The third kappa shape index (κ3) is 2.85. The van der Waals surface area contributed by atoms with Gasteiger partial charge in [-0.3, -0.25) is 19.1 Å². The maximum Gasteiger partial charge on any atom is 0.330 e. The van der Waals surface area contributed by atoms with Crippen LogP contribution >= 0.6 is 15.9 Å². The van der Waals surface area contributed by atoms with E-state index in [2.05, 4.69) is 15.9 Å². The average Bonchev–Trinajstić information content (AvgIpc) is 2.74. The fraction of sp³-hybridized carbons (Fsp3) is 0.545. The number of hydrogen-bond donors (Lipinski definition) is 4. The van der Waals surface area contributed by atoms with Gasteiger partial charge in [0.05, 0.1) is 11.9 Å². The average molecular weight is 365 g/mol. The van der Waals surface area contributed by atoms with Crippen molar-refractivity contribution in [1.29, 1.82) is 0 Å². The molecule has 0 aliphatic carbocycles. The molecule has 2 heterocycles. The van der Waals surface area contributed by atoms with Gasteiger partial charge in [0.1, 0.15) is 23.9 Å². The van der Waals surface area contributed by atoms with E-state index in [0.717, 1.165) is 10.8 Å². The van der Waals surface area contributed by atoms with Crippen LogP contribution in [0.3, 0.4) is 0 Å². The number of carbonyl (C=O) groups is 1. The molecule has 0 saturated carbocycles. The van der Waals surface area contributed by atoms with Crippen LogP contribution in [-0.4, -0.2) is 60.9 Å². The van der Waals surface area contributed by atoms with Crippen molar-refractivity contribution in [2.24, 2.45) is 0 Å². The third-order valence-corrected chi connectivity index (χ3v) is 3.69. The molecule has 0 radical (unpaired) electrons. The summed E-state index contributed by atoms with van der Waals surface area (Å²) in [6, 6.07) is 0. The zero-order valence-corrected chi connectivity index (χ0v) is 12.2. The molecule has 0 bridgehead atoms. The summed E-state index contributed by atoms with van der Waals surface area (Å²) in [4.78, 5) is 36.9. The van der Waals surface area contributed by atoms with Crippen LogP contribution < -0.4 is 11.2 Å². The molecule has 4 N–H and O–H groups in total. The van der Waals surface area contributed by atoms with Gasteiger partial charge in [-0.25, -0.2) is 4.79 Å². The fourth-order valence-corrected chi connectivity index (χ4v) is 2.36. The largest absolute Gasteiger partial charge is 0.394 e. The second-order valence-corrected chi connectivity index (χ2v) is 5.06. The highest BCUT2D eigenvalue weighted by Gasteiger charge is 2.43. The number of hydrogen-bond acceptors (Lipinski definition) is 7. The van der Waals surface area contributed by atoms with Crippen molar-refractivity contribution in [3.63, 3.8) is 0 Å². The van der Waals surface area contributed by atoms with Crippen molar-refractivity contribution < 1.29 is 24.9 Å². The van der Waals surface area contributed by atoms with E-state index in [4.69, 9.17) is 9.84 Å². The second kappa shape index (κ2) is 6.20. The summed E-state index contributed by atoms with van der Waals surface area (Å²) < 4.78 is 5.98. The Morgan fingerprint density at radius 3 is 2.57 bits per heavy atom. The lowest BCUT2D eigenvalue weighted by atomic mass is 10.1. The molecule has 21 heavy (non-hydrogen) atoms. The van der Waals surface area contributed by atoms with Crippen LogP contribution in [0.1, 0.15) is 16.6 Å². The van der Waals surface area contributed by atoms with E-state index in [-0.39, 0.29) is 10.9 Å². The number of nitrogens with one attached hydrogen (secondary N) is 1. The monoisotopic (exact) mass is 364 g/mol. The van der Waals surface area contributed by atoms with E-state index in [1.54, 1.807) is 0 Å². The maximum absolute atomic E-state index is 11.8. The molecule has 1 fully saturated rings. The number of ether oxygens (including phenoxy) is 1. The minimum atomic E-state index is -1.49. The third-order valence-electron chi connectivity index (χ3n) is 3.18. The molecule has 116 valence electrons. The minimum absolute atomic E-state index is 0.121. The van der Waals surface area contributed by atoms with Crippen LogP contribution in [0.15, 0.2) is 15.8 Å². The summed E-state index contributed by atoms with van der Waals surface area (Å²) in [5.74, 6) is -0.559. The summed E-state index contributed by atoms with van der Waals surface area (Å²) in [5, 5.41) is 28.4. The molecule has 1 aliphatic rings. The molecular weight excluding hydrogens is 352 g/mol. The van der Waals surface area contributed by atoms with Crippen molar-refractivity contribution in [3.05, 3.63) is 32.6 Å². The first-order valence-electron chi connectivity index (χ1n) is 5.97. The minimum Gasteiger partial charge on any atom is -0.394 e. The Bertz CT molecular complexity index is 655. The smallest absolute Gasteiger partial charge is 0.330 e. The highest BCUT2D eigenvalue weighted by molar-refractivity contribution is 9.09. The molecule has 0 aromatic carbocycles. The predicted octanol–water partition coefficient (Wildman–Crippen LogP) is -2.27. The van der Waals surface area contributed by atoms with E-state index < -0.39 is 48.2 Å². The number of carbonyl (C=O) groups excluding carboxylic acids is 1. The normalized spacial score (nSPS) is 28.8. The molecule has 1 aromatic heterocycles. The SMILES string of the molecule is O=C(CBr)c1cn([C@@H]2O[C@H](CO)[C@@H](O)[C@H]2O)c(=O)[nH]c1=O. The summed E-state index contributed by atoms with van der Waals surface area (Å²) in [6.07, 6.45) is -4.31. The van der Waals surface area contributed by atoms with Gasteiger partial charge in [-0.15, -0.1) is 0 Å². The number of nitrogens with zero attached hydrogens (tertiary/aromatic N) is 1. The summed E-state index contributed by atoms with van der Waals surface area (Å²) in [7, 11) is 0. The number of aliphatic hydroxyl groups is 3. The highest BCUT2D eigenvalue weighted by atomic mass is 79.9. The van der Waals surface area contributed by atoms with Crippen LogP contribution in [0.2, 0.25) is 0 Å². The van der Waals surface area contributed by atoms with Gasteiger partial charge in [-0.1, -0.05) is 15.9 Å². The van der Waals surface area contributed by atoms with Crippen LogP contribution in [0.4, 0.5) is 0 Å². The number of aromatic nitrogens is 2. The predicted molar refractivity (Wildman–Crippen MR) is 72.5 cm³/mol. The number of halogens is 1. The number of aromatic amines is 1. The van der Waals surface area contributed by atoms with Crippen LogP contribution in [0.5, 0.6) is 0 Å². The van der Waals surface area contributed by atoms with E-state index in [1.807, 2.05) is 4.98 Å². The number of rotatable bonds is 4. The Balaban J connectivity index is 2.47. The molecular formula is C11H13BrN2O7. The Kier molecular flexibility index (Phi) is 4.74. The fourth-order valence-electron chi connectivity index (χ4n) is 2.05. The Morgan fingerprint density at radius 2 is 2.05 bits per heavy atom. The number of aliphatic hydroxyl groups excluding tert-OH is 3. The number of H-pyrrole nitrogens is 1. The molecule has 1 saturated heterocycles. The molecule has 0 amide bonds. The van der Waals surface area contributed by atoms with Gasteiger partial charge in [0.15, 0.2) is 12.0 Å². The van der Waals surface area contributed by atoms with Gasteiger partial charge in [0, 0.05) is 6.20 Å². The van der Waals surface area contributed by atoms with Crippen molar-refractivity contribution in [1.82, 2.24) is 9.55 Å². The topological polar surface area (TPSA) is 142 Å². The van der Waals surface area contributed by atoms with Crippen molar-refractivity contribution in [2.45, 2.75) is 24.5 Å². The molecule has 1 aromatic rings. The molecule has 2 rings (SSSR count). The van der Waals surface area contributed by atoms with E-state index in [9.17, 15) is 24.6 Å². The Hall–Kier alpha value is -1.33. The van der Waals surface area contributed by atoms with Gasteiger partial charge in [0.2, 0.25) is 0 Å². The maximum atomic E-state index is 11.8. The molecule has 4 atom stereocenters. The van der Waals surface area contributed by atoms with Crippen LogP contribution in [-0.2, 0) is 4.74 Å². The van der Waals surface area contributed by atoms with Gasteiger partial charge >= 0.3 is 5.69 Å². The number of ketones is 1. The molecule has 10 heteroatoms. The van der Waals surface area contributed by atoms with E-state index in [0.29, 0.717) is 0 Å². The first-order chi connectivity index (χ1) is 9.90. The number of Topliss-reactive ketones (excluding diaryl/α,β-unsaturated/α-hetero) is 1. The van der Waals surface area contributed by atoms with Gasteiger partial charge in [-0.05, 0) is 0 Å². The van der Waals surface area contributed by atoms with Crippen LogP contribution in [0, 0.1) is 0 Å². The second-order valence-electron chi connectivity index (χ2n) is 4.49. The Morgan fingerprint density at radius 1 is 1.38 bits per heavy atom. The summed E-state index contributed by atoms with van der Waals surface area (Å²) in [5.41, 5.74) is -2.04. The summed E-state index contributed by atoms with van der Waals surface area (Å²) >= 11 is 2.91. The highest BCUT2D eigenvalue weighted by Crippen LogP contribution is 2.27. The quantitative estimate of drug-likeness (QED) is 0.348. The molecule has 9 nitrogen and oxygen atoms in total. The van der Waals surface area contributed by atoms with Crippen LogP contribution in [0.25, 0.3) is 0 Å². The lowest BCUT2D eigenvalue weighted by Crippen LogP contribution is -2.39. The van der Waals surface area contributed by atoms with Gasteiger partial charge in [-0.2, -0.15) is 0 Å². The van der Waals surface area contributed by atoms with E-state index >= 15 is 0 Å². The number of alkyl halides is 1. The van der Waals surface area contributed by atoms with E-state index in [1.165, 1.54) is 0 Å². The summed E-state index contributed by atoms with van der Waals surface area (Å²) in [6.45, 7) is -0.556. The molecule has 0 unspecified atom stereocenters. The lowest BCUT2D eigenvalue weighted by Gasteiger charge is -2.17. The molecule has 0 spiro atoms. The van der Waals surface area contributed by atoms with Gasteiger partial charge < -0.3 is 20.1 Å². The van der Waals surface area contributed by atoms with Crippen molar-refractivity contribution >= 4 is 21.7 Å². The van der Waals surface area contributed by atoms with Crippen molar-refractivity contribution in [2.75, 3.05) is 11.9 Å². The van der Waals surface area contributed by atoms with Gasteiger partial charge in [0.25, 0.3) is 5.56 Å². The standard InChI is InChI=1S/C11H13BrN2O7/c12-1-5(16)4-2-14(11(20)13-9(4)19)10-8(18)7(17)6(3-15)21-10/h2,6-8,10,15,17-18H,1,3H2,(H,13,19,20)/t6-,7-,8-,10-/m1/s1. The van der Waals surface area contributed by atoms with Crippen molar-refractivity contribution in [3.8, 4) is 0 Å². The zero-order chi connectivity index (χ0) is 15.7. The molecule has 1 aliphatic heterocycles. The lowest BCUT2D eigenvalue weighted by molar-refractivity contribution is -0.0550. The first kappa shape index (κ1) is 16.0. The Labute approximate surface area is 125 Å².